The second-order valence-electron chi connectivity index (χ2n) is 4.06. The summed E-state index contributed by atoms with van der Waals surface area (Å²) >= 11 is 13.3. The van der Waals surface area contributed by atoms with Gasteiger partial charge in [0.05, 0.1) is 20.6 Å². The molecule has 0 saturated carbocycles. The average molecular weight is 300 g/mol. The number of hydrogen-bond donors (Lipinski definition) is 1. The van der Waals surface area contributed by atoms with Gasteiger partial charge in [-0.3, -0.25) is 4.79 Å². The zero-order valence-electron chi connectivity index (χ0n) is 9.88. The number of halogens is 2. The van der Waals surface area contributed by atoms with Crippen molar-refractivity contribution >= 4 is 46.0 Å². The highest BCUT2D eigenvalue weighted by atomic mass is 35.5. The normalized spacial score (nSPS) is 10.7. The number of benzene rings is 1. The van der Waals surface area contributed by atoms with Gasteiger partial charge in [0.25, 0.3) is 0 Å². The molecule has 2 N–H and O–H groups in total. The van der Waals surface area contributed by atoms with Crippen LogP contribution in [0.15, 0.2) is 18.2 Å². The molecule has 2 rings (SSSR count). The van der Waals surface area contributed by atoms with E-state index in [1.807, 2.05) is 19.9 Å². The van der Waals surface area contributed by atoms with Crippen molar-refractivity contribution in [3.05, 3.63) is 49.1 Å². The van der Waals surface area contributed by atoms with Crippen molar-refractivity contribution in [3.8, 4) is 0 Å². The molecule has 5 heteroatoms. The molecular formula is C13H11Cl2NOS. The van der Waals surface area contributed by atoms with Crippen LogP contribution in [-0.2, 0) is 0 Å². The van der Waals surface area contributed by atoms with Gasteiger partial charge in [0.2, 0.25) is 5.78 Å². The largest absolute Gasteiger partial charge is 0.397 e. The van der Waals surface area contributed by atoms with Gasteiger partial charge >= 0.3 is 0 Å². The Bertz CT molecular complexity index is 611. The first-order valence-electron chi connectivity index (χ1n) is 5.26. The zero-order valence-corrected chi connectivity index (χ0v) is 12.2. The highest BCUT2D eigenvalue weighted by Crippen LogP contribution is 2.31. The van der Waals surface area contributed by atoms with Crippen LogP contribution in [0.3, 0.4) is 0 Å². The molecule has 94 valence electrons. The lowest BCUT2D eigenvalue weighted by Crippen LogP contribution is -2.02. The predicted molar refractivity (Wildman–Crippen MR) is 78.1 cm³/mol. The number of ketones is 1. The van der Waals surface area contributed by atoms with Crippen LogP contribution >= 0.6 is 34.5 Å². The number of nitrogen functional groups attached to an aromatic ring is 1. The van der Waals surface area contributed by atoms with Crippen molar-refractivity contribution in [3.63, 3.8) is 0 Å². The summed E-state index contributed by atoms with van der Waals surface area (Å²) in [5.74, 6) is -0.0733. The Hall–Kier alpha value is -1.03. The maximum atomic E-state index is 12.3. The number of hydrogen-bond acceptors (Lipinski definition) is 3. The van der Waals surface area contributed by atoms with Crippen LogP contribution in [0, 0.1) is 13.8 Å². The molecule has 1 aromatic heterocycles. The number of aryl methyl sites for hydroxylation is 2. The number of carbonyl (C=O) groups excluding carboxylic acids is 1. The third kappa shape index (κ3) is 2.39. The number of nitrogens with two attached hydrogens (primary N) is 1. The van der Waals surface area contributed by atoms with Gasteiger partial charge in [-0.2, -0.15) is 0 Å². The second-order valence-corrected chi connectivity index (χ2v) is 6.10. The van der Waals surface area contributed by atoms with Gasteiger partial charge in [-0.15, -0.1) is 11.3 Å². The molecule has 0 bridgehead atoms. The number of carbonyl (C=O) groups is 1. The molecule has 1 heterocycles. The standard InChI is InChI=1S/C13H11Cl2NOS/c1-6-3-7(2)18-13(6)12(17)8-4-9(14)11(15)10(16)5-8/h3-5H,16H2,1-2H3. The third-order valence-corrected chi connectivity index (χ3v) is 4.53. The van der Waals surface area contributed by atoms with Gasteiger partial charge in [0, 0.05) is 10.4 Å². The van der Waals surface area contributed by atoms with E-state index < -0.39 is 0 Å². The lowest BCUT2D eigenvalue weighted by molar-refractivity contribution is 0.104. The van der Waals surface area contributed by atoms with E-state index in [1.54, 1.807) is 12.1 Å². The molecule has 0 saturated heterocycles. The molecule has 0 radical (unpaired) electrons. The third-order valence-electron chi connectivity index (χ3n) is 2.57. The van der Waals surface area contributed by atoms with Gasteiger partial charge in [-0.25, -0.2) is 0 Å². The monoisotopic (exact) mass is 299 g/mol. The van der Waals surface area contributed by atoms with Gasteiger partial charge in [-0.05, 0) is 37.6 Å². The van der Waals surface area contributed by atoms with E-state index in [0.29, 0.717) is 21.2 Å². The van der Waals surface area contributed by atoms with E-state index in [1.165, 1.54) is 11.3 Å². The Kier molecular flexibility index (Phi) is 3.66. The quantitative estimate of drug-likeness (QED) is 0.656. The van der Waals surface area contributed by atoms with Crippen molar-refractivity contribution in [2.45, 2.75) is 13.8 Å². The van der Waals surface area contributed by atoms with Gasteiger partial charge in [0.15, 0.2) is 0 Å². The minimum Gasteiger partial charge on any atom is -0.397 e. The maximum Gasteiger partial charge on any atom is 0.203 e. The number of rotatable bonds is 2. The van der Waals surface area contributed by atoms with E-state index in [4.69, 9.17) is 28.9 Å². The van der Waals surface area contributed by atoms with Crippen molar-refractivity contribution < 1.29 is 4.79 Å². The zero-order chi connectivity index (χ0) is 13.4. The lowest BCUT2D eigenvalue weighted by Gasteiger charge is -2.05. The van der Waals surface area contributed by atoms with Crippen LogP contribution in [0.25, 0.3) is 0 Å². The van der Waals surface area contributed by atoms with Gasteiger partial charge in [-0.1, -0.05) is 23.2 Å². The summed E-state index contributed by atoms with van der Waals surface area (Å²) < 4.78 is 0. The van der Waals surface area contributed by atoms with E-state index in [0.717, 1.165) is 10.4 Å². The van der Waals surface area contributed by atoms with Crippen molar-refractivity contribution in [2.24, 2.45) is 0 Å². The van der Waals surface area contributed by atoms with Gasteiger partial charge < -0.3 is 5.73 Å². The minimum atomic E-state index is -0.0733. The van der Waals surface area contributed by atoms with Crippen molar-refractivity contribution in [2.75, 3.05) is 5.73 Å². The van der Waals surface area contributed by atoms with Gasteiger partial charge in [0.1, 0.15) is 0 Å². The van der Waals surface area contributed by atoms with E-state index in [9.17, 15) is 4.79 Å². The summed E-state index contributed by atoms with van der Waals surface area (Å²) in [5.41, 5.74) is 7.46. The first-order valence-corrected chi connectivity index (χ1v) is 6.83. The van der Waals surface area contributed by atoms with Crippen LogP contribution in [-0.4, -0.2) is 5.78 Å². The number of anilines is 1. The Labute approximate surface area is 119 Å². The Morgan fingerprint density at radius 3 is 2.39 bits per heavy atom. The smallest absolute Gasteiger partial charge is 0.203 e. The molecule has 2 aromatic rings. The molecule has 0 fully saturated rings. The first kappa shape index (κ1) is 13.4. The summed E-state index contributed by atoms with van der Waals surface area (Å²) in [5, 5.41) is 0.582. The molecule has 0 unspecified atom stereocenters. The Balaban J connectivity index is 2.50. The molecule has 0 spiro atoms. The molecule has 0 aliphatic carbocycles. The number of thiophene rings is 1. The fourth-order valence-electron chi connectivity index (χ4n) is 1.74. The summed E-state index contributed by atoms with van der Waals surface area (Å²) in [7, 11) is 0. The fourth-order valence-corrected chi connectivity index (χ4v) is 3.06. The molecule has 18 heavy (non-hydrogen) atoms. The van der Waals surface area contributed by atoms with Crippen LogP contribution in [0.1, 0.15) is 25.7 Å². The Morgan fingerprint density at radius 1 is 1.22 bits per heavy atom. The molecular weight excluding hydrogens is 289 g/mol. The topological polar surface area (TPSA) is 43.1 Å². The maximum absolute atomic E-state index is 12.3. The van der Waals surface area contributed by atoms with Crippen molar-refractivity contribution in [1.82, 2.24) is 0 Å². The first-order chi connectivity index (χ1) is 8.40. The molecule has 0 aliphatic heterocycles. The minimum absolute atomic E-state index is 0.0733. The SMILES string of the molecule is Cc1cc(C)c(C(=O)c2cc(N)c(Cl)c(Cl)c2)s1. The molecule has 2 nitrogen and oxygen atoms in total. The second kappa shape index (κ2) is 4.92. The summed E-state index contributed by atoms with van der Waals surface area (Å²) in [6.07, 6.45) is 0. The summed E-state index contributed by atoms with van der Waals surface area (Å²) in [4.78, 5) is 14.2. The highest BCUT2D eigenvalue weighted by molar-refractivity contribution is 7.14. The predicted octanol–water partition coefficient (Wildman–Crippen LogP) is 4.48. The lowest BCUT2D eigenvalue weighted by atomic mass is 10.1. The van der Waals surface area contributed by atoms with Crippen LogP contribution in [0.4, 0.5) is 5.69 Å². The average Bonchev–Trinajstić information content (AvgIpc) is 2.63. The Morgan fingerprint density at radius 2 is 1.89 bits per heavy atom. The molecule has 1 aromatic carbocycles. The fraction of sp³-hybridized carbons (Fsp3) is 0.154. The van der Waals surface area contributed by atoms with Crippen LogP contribution in [0.5, 0.6) is 0 Å². The van der Waals surface area contributed by atoms with E-state index in [2.05, 4.69) is 0 Å². The molecule has 0 amide bonds. The van der Waals surface area contributed by atoms with E-state index >= 15 is 0 Å². The van der Waals surface area contributed by atoms with Crippen LogP contribution in [0.2, 0.25) is 10.0 Å². The highest BCUT2D eigenvalue weighted by Gasteiger charge is 2.17. The summed E-state index contributed by atoms with van der Waals surface area (Å²) in [6, 6.07) is 5.10. The molecule has 0 atom stereocenters. The van der Waals surface area contributed by atoms with Crippen molar-refractivity contribution in [1.29, 1.82) is 0 Å². The van der Waals surface area contributed by atoms with Crippen LogP contribution < -0.4 is 5.73 Å². The summed E-state index contributed by atoms with van der Waals surface area (Å²) in [6.45, 7) is 3.88. The van der Waals surface area contributed by atoms with E-state index in [-0.39, 0.29) is 10.8 Å². The molecule has 0 aliphatic rings.